The van der Waals surface area contributed by atoms with Gasteiger partial charge in [-0.2, -0.15) is 0 Å². The largest absolute Gasteiger partial charge is 0.395 e. The SMILES string of the molecule is CCN(CCO)CC(=O)NCc1cccc(C)c1. The Morgan fingerprint density at radius 1 is 1.44 bits per heavy atom. The van der Waals surface area contributed by atoms with E-state index in [1.54, 1.807) is 0 Å². The monoisotopic (exact) mass is 250 g/mol. The Hall–Kier alpha value is -1.39. The molecule has 1 aromatic rings. The van der Waals surface area contributed by atoms with Crippen LogP contribution in [0.25, 0.3) is 0 Å². The van der Waals surface area contributed by atoms with Crippen molar-refractivity contribution in [3.63, 3.8) is 0 Å². The number of benzene rings is 1. The van der Waals surface area contributed by atoms with Crippen molar-refractivity contribution in [2.45, 2.75) is 20.4 Å². The van der Waals surface area contributed by atoms with Crippen LogP contribution in [0.1, 0.15) is 18.1 Å². The van der Waals surface area contributed by atoms with Gasteiger partial charge in [0.25, 0.3) is 0 Å². The molecule has 0 aliphatic carbocycles. The number of carbonyl (C=O) groups excluding carboxylic acids is 1. The lowest BCUT2D eigenvalue weighted by molar-refractivity contribution is -0.122. The van der Waals surface area contributed by atoms with Crippen molar-refractivity contribution >= 4 is 5.91 Å². The van der Waals surface area contributed by atoms with Crippen molar-refractivity contribution in [3.8, 4) is 0 Å². The van der Waals surface area contributed by atoms with E-state index >= 15 is 0 Å². The molecule has 0 aromatic heterocycles. The van der Waals surface area contributed by atoms with Crippen molar-refractivity contribution < 1.29 is 9.90 Å². The molecule has 0 bridgehead atoms. The van der Waals surface area contributed by atoms with Crippen LogP contribution in [0.2, 0.25) is 0 Å². The minimum absolute atomic E-state index is 0.00759. The summed E-state index contributed by atoms with van der Waals surface area (Å²) in [6.07, 6.45) is 0. The van der Waals surface area contributed by atoms with E-state index in [1.807, 2.05) is 36.9 Å². The maximum absolute atomic E-state index is 11.7. The average Bonchev–Trinajstić information content (AvgIpc) is 2.36. The minimum atomic E-state index is -0.00759. The van der Waals surface area contributed by atoms with Gasteiger partial charge in [-0.1, -0.05) is 36.8 Å². The van der Waals surface area contributed by atoms with E-state index in [9.17, 15) is 4.79 Å². The molecule has 18 heavy (non-hydrogen) atoms. The van der Waals surface area contributed by atoms with Gasteiger partial charge in [-0.25, -0.2) is 0 Å². The zero-order valence-electron chi connectivity index (χ0n) is 11.1. The highest BCUT2D eigenvalue weighted by Crippen LogP contribution is 2.03. The lowest BCUT2D eigenvalue weighted by Gasteiger charge is -2.18. The second-order valence-electron chi connectivity index (χ2n) is 4.36. The van der Waals surface area contributed by atoms with E-state index in [1.165, 1.54) is 5.56 Å². The third-order valence-electron chi connectivity index (χ3n) is 2.80. The van der Waals surface area contributed by atoms with Gasteiger partial charge in [0.1, 0.15) is 0 Å². The number of nitrogens with zero attached hydrogens (tertiary/aromatic N) is 1. The summed E-state index contributed by atoms with van der Waals surface area (Å²) in [6.45, 7) is 6.28. The van der Waals surface area contributed by atoms with E-state index in [2.05, 4.69) is 11.4 Å². The fraction of sp³-hybridized carbons (Fsp3) is 0.500. The Labute approximate surface area is 109 Å². The quantitative estimate of drug-likeness (QED) is 0.757. The summed E-state index contributed by atoms with van der Waals surface area (Å²) >= 11 is 0. The molecule has 2 N–H and O–H groups in total. The predicted molar refractivity (Wildman–Crippen MR) is 72.2 cm³/mol. The van der Waals surface area contributed by atoms with E-state index in [-0.39, 0.29) is 12.5 Å². The molecular formula is C14H22N2O2. The first-order chi connectivity index (χ1) is 8.65. The molecule has 1 rings (SSSR count). The highest BCUT2D eigenvalue weighted by atomic mass is 16.3. The fourth-order valence-corrected chi connectivity index (χ4v) is 1.77. The Morgan fingerprint density at radius 2 is 2.22 bits per heavy atom. The molecule has 0 unspecified atom stereocenters. The van der Waals surface area contributed by atoms with Crippen molar-refractivity contribution in [3.05, 3.63) is 35.4 Å². The third-order valence-corrected chi connectivity index (χ3v) is 2.80. The molecular weight excluding hydrogens is 228 g/mol. The van der Waals surface area contributed by atoms with Crippen LogP contribution in [-0.2, 0) is 11.3 Å². The number of rotatable bonds is 7. The molecule has 0 atom stereocenters. The molecule has 100 valence electrons. The number of hydrogen-bond donors (Lipinski definition) is 2. The Morgan fingerprint density at radius 3 is 2.83 bits per heavy atom. The second-order valence-corrected chi connectivity index (χ2v) is 4.36. The van der Waals surface area contributed by atoms with Crippen molar-refractivity contribution in [1.82, 2.24) is 10.2 Å². The van der Waals surface area contributed by atoms with Gasteiger partial charge in [0.05, 0.1) is 13.2 Å². The van der Waals surface area contributed by atoms with E-state index in [4.69, 9.17) is 5.11 Å². The molecule has 4 nitrogen and oxygen atoms in total. The van der Waals surface area contributed by atoms with Crippen LogP contribution < -0.4 is 5.32 Å². The molecule has 0 aliphatic rings. The summed E-state index contributed by atoms with van der Waals surface area (Å²) in [4.78, 5) is 13.6. The number of hydrogen-bond acceptors (Lipinski definition) is 3. The van der Waals surface area contributed by atoms with Gasteiger partial charge >= 0.3 is 0 Å². The molecule has 0 fully saturated rings. The summed E-state index contributed by atoms with van der Waals surface area (Å²) in [5, 5.41) is 11.7. The second kappa shape index (κ2) is 7.84. The maximum atomic E-state index is 11.7. The molecule has 0 heterocycles. The van der Waals surface area contributed by atoms with Gasteiger partial charge in [-0.05, 0) is 19.0 Å². The number of carbonyl (C=O) groups is 1. The van der Waals surface area contributed by atoms with E-state index in [0.717, 1.165) is 12.1 Å². The lowest BCUT2D eigenvalue weighted by Crippen LogP contribution is -2.38. The molecule has 0 aliphatic heterocycles. The topological polar surface area (TPSA) is 52.6 Å². The number of likely N-dealkylation sites (N-methyl/N-ethyl adjacent to an activating group) is 1. The number of amides is 1. The van der Waals surface area contributed by atoms with Gasteiger partial charge < -0.3 is 10.4 Å². The fourth-order valence-electron chi connectivity index (χ4n) is 1.77. The highest BCUT2D eigenvalue weighted by molar-refractivity contribution is 5.78. The molecule has 0 spiro atoms. The van der Waals surface area contributed by atoms with Gasteiger partial charge in [0.2, 0.25) is 5.91 Å². The van der Waals surface area contributed by atoms with Crippen LogP contribution in [-0.4, -0.2) is 42.2 Å². The summed E-state index contributed by atoms with van der Waals surface area (Å²) in [5.74, 6) is -0.00759. The van der Waals surface area contributed by atoms with Gasteiger partial charge in [0, 0.05) is 13.1 Å². The first-order valence-electron chi connectivity index (χ1n) is 6.31. The molecule has 4 heteroatoms. The highest BCUT2D eigenvalue weighted by Gasteiger charge is 2.07. The van der Waals surface area contributed by atoms with Crippen molar-refractivity contribution in [2.24, 2.45) is 0 Å². The number of aliphatic hydroxyl groups is 1. The Balaban J connectivity index is 2.36. The molecule has 1 amide bonds. The Bertz CT molecular complexity index is 380. The van der Waals surface area contributed by atoms with Crippen LogP contribution in [0.5, 0.6) is 0 Å². The first kappa shape index (κ1) is 14.7. The maximum Gasteiger partial charge on any atom is 0.234 e. The van der Waals surface area contributed by atoms with Crippen LogP contribution >= 0.6 is 0 Å². The molecule has 0 saturated heterocycles. The molecule has 0 radical (unpaired) electrons. The first-order valence-corrected chi connectivity index (χ1v) is 6.31. The minimum Gasteiger partial charge on any atom is -0.395 e. The van der Waals surface area contributed by atoms with Crippen LogP contribution in [0, 0.1) is 6.92 Å². The van der Waals surface area contributed by atoms with Crippen molar-refractivity contribution in [1.29, 1.82) is 0 Å². The van der Waals surface area contributed by atoms with Crippen molar-refractivity contribution in [2.75, 3.05) is 26.2 Å². The molecule has 0 saturated carbocycles. The predicted octanol–water partition coefficient (Wildman–Crippen LogP) is 0.925. The standard InChI is InChI=1S/C14H22N2O2/c1-3-16(7-8-17)11-14(18)15-10-13-6-4-5-12(2)9-13/h4-6,9,17H,3,7-8,10-11H2,1-2H3,(H,15,18). The summed E-state index contributed by atoms with van der Waals surface area (Å²) in [6, 6.07) is 8.08. The van der Waals surface area contributed by atoms with Gasteiger partial charge in [0.15, 0.2) is 0 Å². The average molecular weight is 250 g/mol. The smallest absolute Gasteiger partial charge is 0.234 e. The lowest BCUT2D eigenvalue weighted by atomic mass is 10.1. The molecule has 1 aromatic carbocycles. The zero-order valence-corrected chi connectivity index (χ0v) is 11.1. The van der Waals surface area contributed by atoms with Gasteiger partial charge in [-0.15, -0.1) is 0 Å². The normalized spacial score (nSPS) is 10.7. The number of aryl methyl sites for hydroxylation is 1. The van der Waals surface area contributed by atoms with E-state index < -0.39 is 0 Å². The summed E-state index contributed by atoms with van der Waals surface area (Å²) in [5.41, 5.74) is 2.30. The number of aliphatic hydroxyl groups excluding tert-OH is 1. The Kier molecular flexibility index (Phi) is 6.39. The zero-order chi connectivity index (χ0) is 13.4. The summed E-state index contributed by atoms with van der Waals surface area (Å²) in [7, 11) is 0. The van der Waals surface area contributed by atoms with Gasteiger partial charge in [-0.3, -0.25) is 9.69 Å². The summed E-state index contributed by atoms with van der Waals surface area (Å²) < 4.78 is 0. The van der Waals surface area contributed by atoms with Crippen LogP contribution in [0.3, 0.4) is 0 Å². The van der Waals surface area contributed by atoms with E-state index in [0.29, 0.717) is 19.6 Å². The third kappa shape index (κ3) is 5.29. The van der Waals surface area contributed by atoms with Crippen LogP contribution in [0.15, 0.2) is 24.3 Å². The van der Waals surface area contributed by atoms with Crippen LogP contribution in [0.4, 0.5) is 0 Å². The number of nitrogens with one attached hydrogen (secondary N) is 1.